The third-order valence-electron chi connectivity index (χ3n) is 3.43. The monoisotopic (exact) mass is 320 g/mol. The molecule has 0 aromatic heterocycles. The number of allylic oxidation sites excluding steroid dienone is 6. The number of unbranched alkanes of at least 4 members (excludes halogenated alkanes) is 1. The SMILES string of the molecule is C=C\C=C/C=C(C)/C(=C/CCC)/N=C(C)\N=C(/C)c1ccccc1. The summed E-state index contributed by atoms with van der Waals surface area (Å²) >= 11 is 0. The van der Waals surface area contributed by atoms with Gasteiger partial charge >= 0.3 is 0 Å². The van der Waals surface area contributed by atoms with Gasteiger partial charge in [-0.15, -0.1) is 0 Å². The molecule has 0 bridgehead atoms. The van der Waals surface area contributed by atoms with Crippen molar-refractivity contribution in [2.24, 2.45) is 9.98 Å². The molecule has 0 atom stereocenters. The molecule has 0 aliphatic heterocycles. The molecule has 0 aliphatic rings. The number of benzene rings is 1. The average molecular weight is 320 g/mol. The molecule has 0 unspecified atom stereocenters. The van der Waals surface area contributed by atoms with E-state index in [1.54, 1.807) is 6.08 Å². The molecule has 1 aromatic rings. The van der Waals surface area contributed by atoms with E-state index in [1.165, 1.54) is 0 Å². The second-order valence-electron chi connectivity index (χ2n) is 5.57. The number of nitrogens with zero attached hydrogens (tertiary/aromatic N) is 2. The van der Waals surface area contributed by atoms with E-state index in [0.717, 1.165) is 41.2 Å². The van der Waals surface area contributed by atoms with Gasteiger partial charge in [0.15, 0.2) is 0 Å². The molecule has 0 N–H and O–H groups in total. The lowest BCUT2D eigenvalue weighted by Gasteiger charge is -2.05. The van der Waals surface area contributed by atoms with E-state index in [4.69, 9.17) is 4.99 Å². The first-order valence-electron chi connectivity index (χ1n) is 8.41. The normalized spacial score (nSPS) is 14.3. The fourth-order valence-corrected chi connectivity index (χ4v) is 2.13. The largest absolute Gasteiger partial charge is 0.238 e. The second kappa shape index (κ2) is 11.1. The molecule has 0 heterocycles. The second-order valence-corrected chi connectivity index (χ2v) is 5.57. The molecule has 1 aromatic carbocycles. The van der Waals surface area contributed by atoms with Crippen molar-refractivity contribution in [3.05, 3.63) is 84.1 Å². The lowest BCUT2D eigenvalue weighted by molar-refractivity contribution is 0.946. The third-order valence-corrected chi connectivity index (χ3v) is 3.43. The van der Waals surface area contributed by atoms with Gasteiger partial charge in [0.05, 0.1) is 5.70 Å². The Morgan fingerprint density at radius 3 is 2.38 bits per heavy atom. The van der Waals surface area contributed by atoms with Crippen LogP contribution in [0.5, 0.6) is 0 Å². The number of rotatable bonds is 7. The van der Waals surface area contributed by atoms with Crippen molar-refractivity contribution in [2.45, 2.75) is 40.5 Å². The highest BCUT2D eigenvalue weighted by atomic mass is 14.9. The molecular formula is C22H28N2. The molecule has 0 spiro atoms. The maximum absolute atomic E-state index is 4.72. The van der Waals surface area contributed by atoms with Gasteiger partial charge in [-0.3, -0.25) is 0 Å². The van der Waals surface area contributed by atoms with Crippen LogP contribution in [0.4, 0.5) is 0 Å². The zero-order valence-corrected chi connectivity index (χ0v) is 15.3. The van der Waals surface area contributed by atoms with Crippen LogP contribution in [0.25, 0.3) is 0 Å². The molecule has 0 amide bonds. The smallest absolute Gasteiger partial charge is 0.126 e. The lowest BCUT2D eigenvalue weighted by atomic mass is 10.1. The summed E-state index contributed by atoms with van der Waals surface area (Å²) in [7, 11) is 0. The van der Waals surface area contributed by atoms with Gasteiger partial charge in [-0.2, -0.15) is 0 Å². The summed E-state index contributed by atoms with van der Waals surface area (Å²) in [5.74, 6) is 0.763. The van der Waals surface area contributed by atoms with E-state index in [9.17, 15) is 0 Å². The van der Waals surface area contributed by atoms with E-state index in [-0.39, 0.29) is 0 Å². The molecule has 126 valence electrons. The van der Waals surface area contributed by atoms with Crippen LogP contribution in [0.2, 0.25) is 0 Å². The predicted octanol–water partition coefficient (Wildman–Crippen LogP) is 6.29. The van der Waals surface area contributed by atoms with Crippen molar-refractivity contribution >= 4 is 11.5 Å². The molecule has 0 saturated carbocycles. The highest BCUT2D eigenvalue weighted by Crippen LogP contribution is 2.14. The number of aliphatic imine (C=N–C) groups is 2. The van der Waals surface area contributed by atoms with Crippen molar-refractivity contribution in [1.82, 2.24) is 0 Å². The highest BCUT2D eigenvalue weighted by molar-refractivity contribution is 6.05. The van der Waals surface area contributed by atoms with Crippen LogP contribution in [0.1, 0.15) is 46.1 Å². The van der Waals surface area contributed by atoms with Crippen LogP contribution in [0, 0.1) is 0 Å². The summed E-state index contributed by atoms with van der Waals surface area (Å²) in [4.78, 5) is 9.36. The maximum Gasteiger partial charge on any atom is 0.126 e. The first-order valence-corrected chi connectivity index (χ1v) is 8.41. The molecule has 0 radical (unpaired) electrons. The number of hydrogen-bond donors (Lipinski definition) is 0. The Hall–Kier alpha value is -2.48. The Morgan fingerprint density at radius 2 is 1.75 bits per heavy atom. The van der Waals surface area contributed by atoms with Gasteiger partial charge in [-0.25, -0.2) is 9.98 Å². The van der Waals surface area contributed by atoms with E-state index < -0.39 is 0 Å². The molecule has 1 rings (SSSR count). The summed E-state index contributed by atoms with van der Waals surface area (Å²) in [6.45, 7) is 11.9. The molecule has 2 heteroatoms. The van der Waals surface area contributed by atoms with Crippen LogP contribution in [0.3, 0.4) is 0 Å². The summed E-state index contributed by atoms with van der Waals surface area (Å²) in [5, 5.41) is 0. The fourth-order valence-electron chi connectivity index (χ4n) is 2.13. The molecular weight excluding hydrogens is 292 g/mol. The van der Waals surface area contributed by atoms with Crippen molar-refractivity contribution in [3.8, 4) is 0 Å². The van der Waals surface area contributed by atoms with Gasteiger partial charge in [0.2, 0.25) is 0 Å². The minimum Gasteiger partial charge on any atom is -0.238 e. The van der Waals surface area contributed by atoms with Gasteiger partial charge in [-0.05, 0) is 38.3 Å². The van der Waals surface area contributed by atoms with E-state index in [1.807, 2.05) is 50.3 Å². The Balaban J connectivity index is 3.06. The van der Waals surface area contributed by atoms with Crippen molar-refractivity contribution < 1.29 is 0 Å². The van der Waals surface area contributed by atoms with E-state index >= 15 is 0 Å². The summed E-state index contributed by atoms with van der Waals surface area (Å²) < 4.78 is 0. The fraction of sp³-hybridized carbons (Fsp3) is 0.273. The minimum absolute atomic E-state index is 0.763. The van der Waals surface area contributed by atoms with E-state index in [2.05, 4.69) is 43.6 Å². The standard InChI is InChI=1S/C22H28N2/c1-6-8-11-14-18(3)22(17-9-7-2)24-20(5)23-19(4)21-15-12-10-13-16-21/h6,8,10-17H,1,7,9H2,2-5H3/b11-8-,18-14+,22-17-,23-19+,24-20-. The molecule has 0 fully saturated rings. The topological polar surface area (TPSA) is 24.7 Å². The van der Waals surface area contributed by atoms with Crippen molar-refractivity contribution in [1.29, 1.82) is 0 Å². The quantitative estimate of drug-likeness (QED) is 0.320. The number of hydrogen-bond acceptors (Lipinski definition) is 1. The molecule has 2 nitrogen and oxygen atoms in total. The number of amidine groups is 1. The van der Waals surface area contributed by atoms with Gasteiger partial charge in [-0.1, -0.05) is 80.6 Å². The van der Waals surface area contributed by atoms with Crippen LogP contribution in [0.15, 0.2) is 88.5 Å². The lowest BCUT2D eigenvalue weighted by Crippen LogP contribution is -1.99. The van der Waals surface area contributed by atoms with E-state index in [0.29, 0.717) is 0 Å². The summed E-state index contributed by atoms with van der Waals surface area (Å²) in [6, 6.07) is 10.2. The Bertz CT molecular complexity index is 671. The van der Waals surface area contributed by atoms with Gasteiger partial charge < -0.3 is 0 Å². The van der Waals surface area contributed by atoms with Gasteiger partial charge in [0.1, 0.15) is 5.84 Å². The Morgan fingerprint density at radius 1 is 1.04 bits per heavy atom. The molecule has 0 aliphatic carbocycles. The van der Waals surface area contributed by atoms with Crippen molar-refractivity contribution in [3.63, 3.8) is 0 Å². The zero-order chi connectivity index (χ0) is 17.8. The van der Waals surface area contributed by atoms with Crippen LogP contribution < -0.4 is 0 Å². The Kier molecular flexibility index (Phi) is 9.06. The first kappa shape index (κ1) is 19.6. The van der Waals surface area contributed by atoms with Crippen molar-refractivity contribution in [2.75, 3.05) is 0 Å². The van der Waals surface area contributed by atoms with Gasteiger partial charge in [0, 0.05) is 5.71 Å². The van der Waals surface area contributed by atoms with Crippen LogP contribution in [-0.2, 0) is 0 Å². The predicted molar refractivity (Wildman–Crippen MR) is 108 cm³/mol. The molecule has 0 saturated heterocycles. The zero-order valence-electron chi connectivity index (χ0n) is 15.3. The third kappa shape index (κ3) is 7.19. The van der Waals surface area contributed by atoms with Crippen LogP contribution >= 0.6 is 0 Å². The maximum atomic E-state index is 4.72. The first-order chi connectivity index (χ1) is 11.6. The Labute approximate surface area is 146 Å². The van der Waals surface area contributed by atoms with Crippen LogP contribution in [-0.4, -0.2) is 11.5 Å². The average Bonchev–Trinajstić information content (AvgIpc) is 2.59. The summed E-state index contributed by atoms with van der Waals surface area (Å²) in [5.41, 5.74) is 4.19. The highest BCUT2D eigenvalue weighted by Gasteiger charge is 2.00. The van der Waals surface area contributed by atoms with Gasteiger partial charge in [0.25, 0.3) is 0 Å². The minimum atomic E-state index is 0.763. The molecule has 24 heavy (non-hydrogen) atoms. The summed E-state index contributed by atoms with van der Waals surface area (Å²) in [6.07, 6.45) is 12.0.